The maximum absolute atomic E-state index is 12.2. The van der Waals surface area contributed by atoms with Crippen LogP contribution in [0.4, 0.5) is 13.2 Å². The van der Waals surface area contributed by atoms with E-state index in [9.17, 15) is 18.0 Å². The summed E-state index contributed by atoms with van der Waals surface area (Å²) < 4.78 is 36.5. The molecule has 0 aromatic heterocycles. The number of phenolic OH excluding ortho intramolecular Hbond substituents is 1. The smallest absolute Gasteiger partial charge is 0.416 e. The molecule has 76 valence electrons. The van der Waals surface area contributed by atoms with Crippen molar-refractivity contribution in [3.8, 4) is 5.75 Å². The van der Waals surface area contributed by atoms with Gasteiger partial charge >= 0.3 is 6.18 Å². The molecule has 0 aliphatic carbocycles. The highest BCUT2D eigenvalue weighted by molar-refractivity contribution is 6.32. The molecular formula is C8H4ClF3O2. The number of phenols is 1. The van der Waals surface area contributed by atoms with E-state index in [-0.39, 0.29) is 6.29 Å². The molecule has 0 bridgehead atoms. The SMILES string of the molecule is O=Cc1cc(C(F)(F)F)cc(Cl)c1O. The molecule has 0 radical (unpaired) electrons. The van der Waals surface area contributed by atoms with E-state index in [1.54, 1.807) is 0 Å². The summed E-state index contributed by atoms with van der Waals surface area (Å²) in [6.07, 6.45) is -4.48. The van der Waals surface area contributed by atoms with Crippen LogP contribution in [0.3, 0.4) is 0 Å². The molecule has 0 fully saturated rings. The summed E-state index contributed by atoms with van der Waals surface area (Å²) in [6.45, 7) is 0. The second kappa shape index (κ2) is 3.49. The Morgan fingerprint density at radius 3 is 2.36 bits per heavy atom. The van der Waals surface area contributed by atoms with Gasteiger partial charge in [0.05, 0.1) is 16.1 Å². The van der Waals surface area contributed by atoms with E-state index in [1.165, 1.54) is 0 Å². The average molecular weight is 225 g/mol. The second-order valence-electron chi connectivity index (χ2n) is 2.51. The van der Waals surface area contributed by atoms with Crippen molar-refractivity contribution >= 4 is 17.9 Å². The number of halogens is 4. The standard InChI is InChI=1S/C8H4ClF3O2/c9-6-2-5(8(10,11)12)1-4(3-13)7(6)14/h1-3,14H. The zero-order valence-electron chi connectivity index (χ0n) is 6.60. The van der Waals surface area contributed by atoms with Gasteiger partial charge < -0.3 is 5.11 Å². The Bertz CT molecular complexity index is 374. The molecule has 0 saturated carbocycles. The van der Waals surface area contributed by atoms with Gasteiger partial charge in [-0.15, -0.1) is 0 Å². The predicted octanol–water partition coefficient (Wildman–Crippen LogP) is 2.88. The lowest BCUT2D eigenvalue weighted by molar-refractivity contribution is -0.137. The van der Waals surface area contributed by atoms with Gasteiger partial charge in [-0.3, -0.25) is 4.79 Å². The molecule has 6 heteroatoms. The van der Waals surface area contributed by atoms with Crippen LogP contribution in [0.1, 0.15) is 15.9 Å². The van der Waals surface area contributed by atoms with E-state index in [0.717, 1.165) is 0 Å². The third-order valence-corrected chi connectivity index (χ3v) is 1.84. The van der Waals surface area contributed by atoms with Gasteiger partial charge in [0.15, 0.2) is 6.29 Å². The Labute approximate surface area is 81.9 Å². The summed E-state index contributed by atoms with van der Waals surface area (Å²) in [5.41, 5.74) is -1.55. The fourth-order valence-electron chi connectivity index (χ4n) is 0.874. The van der Waals surface area contributed by atoms with E-state index in [0.29, 0.717) is 12.1 Å². The number of alkyl halides is 3. The molecule has 1 aromatic carbocycles. The highest BCUT2D eigenvalue weighted by Gasteiger charge is 2.32. The number of hydrogen-bond acceptors (Lipinski definition) is 2. The van der Waals surface area contributed by atoms with Crippen LogP contribution in [0.15, 0.2) is 12.1 Å². The summed E-state index contributed by atoms with van der Waals surface area (Å²) in [5, 5.41) is 8.56. The van der Waals surface area contributed by atoms with Gasteiger partial charge in [-0.05, 0) is 12.1 Å². The first-order valence-corrected chi connectivity index (χ1v) is 3.79. The molecule has 0 amide bonds. The van der Waals surface area contributed by atoms with Crippen LogP contribution in [0.25, 0.3) is 0 Å². The molecule has 0 aliphatic rings. The van der Waals surface area contributed by atoms with Gasteiger partial charge in [-0.1, -0.05) is 11.6 Å². The number of benzene rings is 1. The molecule has 0 saturated heterocycles. The summed E-state index contributed by atoms with van der Waals surface area (Å²) in [7, 11) is 0. The Hall–Kier alpha value is -1.23. The third kappa shape index (κ3) is 1.98. The van der Waals surface area contributed by atoms with Crippen LogP contribution in [0, 0.1) is 0 Å². The van der Waals surface area contributed by atoms with E-state index in [2.05, 4.69) is 0 Å². The highest BCUT2D eigenvalue weighted by atomic mass is 35.5. The highest BCUT2D eigenvalue weighted by Crippen LogP contribution is 2.36. The van der Waals surface area contributed by atoms with Gasteiger partial charge in [0, 0.05) is 0 Å². The van der Waals surface area contributed by atoms with Gasteiger partial charge in [0.25, 0.3) is 0 Å². The average Bonchev–Trinajstić information content (AvgIpc) is 2.07. The van der Waals surface area contributed by atoms with Crippen LogP contribution in [0.5, 0.6) is 5.75 Å². The fourth-order valence-corrected chi connectivity index (χ4v) is 1.10. The number of aromatic hydroxyl groups is 1. The van der Waals surface area contributed by atoms with Crippen LogP contribution in [-0.2, 0) is 6.18 Å². The first-order chi connectivity index (χ1) is 6.36. The minimum absolute atomic E-state index is 0.108. The molecule has 0 unspecified atom stereocenters. The molecule has 2 nitrogen and oxygen atoms in total. The summed E-state index contributed by atoms with van der Waals surface area (Å²) in [5.74, 6) is -0.644. The maximum Gasteiger partial charge on any atom is 0.416 e. The van der Waals surface area contributed by atoms with Gasteiger partial charge in [-0.2, -0.15) is 13.2 Å². The third-order valence-electron chi connectivity index (χ3n) is 1.55. The van der Waals surface area contributed by atoms with E-state index >= 15 is 0 Å². The van der Waals surface area contributed by atoms with Crippen molar-refractivity contribution in [1.29, 1.82) is 0 Å². The molecule has 0 aliphatic heterocycles. The molecule has 0 heterocycles. The normalized spacial score (nSPS) is 11.4. The van der Waals surface area contributed by atoms with Crippen LogP contribution in [-0.4, -0.2) is 11.4 Å². The van der Waals surface area contributed by atoms with Gasteiger partial charge in [0.1, 0.15) is 5.75 Å². The predicted molar refractivity (Wildman–Crippen MR) is 43.5 cm³/mol. The first kappa shape index (κ1) is 10.8. The molecule has 1 rings (SSSR count). The number of carbonyl (C=O) groups excluding carboxylic acids is 1. The van der Waals surface area contributed by atoms with Crippen molar-refractivity contribution < 1.29 is 23.1 Å². The molecular weight excluding hydrogens is 221 g/mol. The Balaban J connectivity index is 3.37. The van der Waals surface area contributed by atoms with Crippen molar-refractivity contribution in [2.24, 2.45) is 0 Å². The number of carbonyl (C=O) groups is 1. The Morgan fingerprint density at radius 2 is 1.93 bits per heavy atom. The monoisotopic (exact) mass is 224 g/mol. The zero-order chi connectivity index (χ0) is 10.9. The Morgan fingerprint density at radius 1 is 1.36 bits per heavy atom. The molecule has 1 N–H and O–H groups in total. The lowest BCUT2D eigenvalue weighted by atomic mass is 10.1. The van der Waals surface area contributed by atoms with Crippen molar-refractivity contribution in [3.63, 3.8) is 0 Å². The van der Waals surface area contributed by atoms with E-state index in [4.69, 9.17) is 16.7 Å². The summed E-state index contributed by atoms with van der Waals surface area (Å²) in [4.78, 5) is 10.3. The van der Waals surface area contributed by atoms with E-state index < -0.39 is 28.1 Å². The van der Waals surface area contributed by atoms with Crippen molar-refractivity contribution in [2.45, 2.75) is 6.18 Å². The van der Waals surface area contributed by atoms with Crippen LogP contribution < -0.4 is 0 Å². The molecule has 0 atom stereocenters. The Kier molecular flexibility index (Phi) is 2.71. The van der Waals surface area contributed by atoms with Gasteiger partial charge in [0.2, 0.25) is 0 Å². The molecule has 1 aromatic rings. The van der Waals surface area contributed by atoms with Crippen molar-refractivity contribution in [1.82, 2.24) is 0 Å². The lowest BCUT2D eigenvalue weighted by Crippen LogP contribution is -2.05. The summed E-state index contributed by atoms with van der Waals surface area (Å²) in [6, 6.07) is 1.10. The largest absolute Gasteiger partial charge is 0.506 e. The molecule has 14 heavy (non-hydrogen) atoms. The van der Waals surface area contributed by atoms with Crippen LogP contribution in [0.2, 0.25) is 5.02 Å². The second-order valence-corrected chi connectivity index (χ2v) is 2.92. The van der Waals surface area contributed by atoms with E-state index in [1.807, 2.05) is 0 Å². The zero-order valence-corrected chi connectivity index (χ0v) is 7.36. The van der Waals surface area contributed by atoms with Crippen molar-refractivity contribution in [3.05, 3.63) is 28.3 Å². The number of rotatable bonds is 1. The topological polar surface area (TPSA) is 37.3 Å². The van der Waals surface area contributed by atoms with Crippen LogP contribution >= 0.6 is 11.6 Å². The summed E-state index contributed by atoms with van der Waals surface area (Å²) >= 11 is 5.29. The minimum Gasteiger partial charge on any atom is -0.506 e. The van der Waals surface area contributed by atoms with Crippen molar-refractivity contribution in [2.75, 3.05) is 0 Å². The quantitative estimate of drug-likeness (QED) is 0.745. The first-order valence-electron chi connectivity index (χ1n) is 3.41. The van der Waals surface area contributed by atoms with Gasteiger partial charge in [-0.25, -0.2) is 0 Å². The lowest BCUT2D eigenvalue weighted by Gasteiger charge is -2.08. The number of hydrogen-bond donors (Lipinski definition) is 1. The maximum atomic E-state index is 12.2. The number of aldehydes is 1. The minimum atomic E-state index is -4.59. The fraction of sp³-hybridized carbons (Fsp3) is 0.125. The molecule has 0 spiro atoms.